The summed E-state index contributed by atoms with van der Waals surface area (Å²) in [7, 11) is 0.750. The average molecular weight is 226 g/mol. The normalized spacial score (nSPS) is 9.06. The Labute approximate surface area is 102 Å². The van der Waals surface area contributed by atoms with Crippen LogP contribution in [0.1, 0.15) is 5.56 Å². The fourth-order valence-electron chi connectivity index (χ4n) is 1.46. The van der Waals surface area contributed by atoms with E-state index in [-0.39, 0.29) is 0 Å². The van der Waals surface area contributed by atoms with Gasteiger partial charge in [0.25, 0.3) is 0 Å². The summed E-state index contributed by atoms with van der Waals surface area (Å²) in [5, 5.41) is 17.6. The van der Waals surface area contributed by atoms with Crippen LogP contribution in [-0.2, 0) is 4.57 Å². The molecule has 84 valence electrons. The quantitative estimate of drug-likeness (QED) is 0.780. The Morgan fingerprint density at radius 3 is 2.24 bits per heavy atom. The summed E-state index contributed by atoms with van der Waals surface area (Å²) in [4.78, 5) is 0. The summed E-state index contributed by atoms with van der Waals surface area (Å²) in [6.45, 7) is 3.78. The highest BCUT2D eigenvalue weighted by Gasteiger charge is 1.93. The number of benzene rings is 2. The van der Waals surface area contributed by atoms with Crippen molar-refractivity contribution in [2.24, 2.45) is 0 Å². The molecule has 0 aliphatic heterocycles. The van der Waals surface area contributed by atoms with Crippen molar-refractivity contribution in [3.05, 3.63) is 54.6 Å². The van der Waals surface area contributed by atoms with E-state index < -0.39 is 0 Å². The van der Waals surface area contributed by atoms with Gasteiger partial charge in [-0.3, -0.25) is 0 Å². The third-order valence-corrected chi connectivity index (χ3v) is 2.16. The van der Waals surface area contributed by atoms with Gasteiger partial charge < -0.3 is 14.6 Å². The van der Waals surface area contributed by atoms with Gasteiger partial charge in [0.15, 0.2) is 0 Å². The highest BCUT2D eigenvalue weighted by Crippen LogP contribution is 2.18. The van der Waals surface area contributed by atoms with Crippen LogP contribution in [0, 0.1) is 0 Å². The number of rotatable bonds is 3. The fraction of sp³-hybridized carbons (Fsp3) is 0. The van der Waals surface area contributed by atoms with E-state index in [2.05, 4.69) is 53.6 Å². The van der Waals surface area contributed by atoms with E-state index in [1.54, 1.807) is 0 Å². The van der Waals surface area contributed by atoms with Gasteiger partial charge in [0.05, 0.1) is 0 Å². The monoisotopic (exact) mass is 226 g/mol. The van der Waals surface area contributed by atoms with Crippen LogP contribution in [0.3, 0.4) is 0 Å². The molecule has 0 spiro atoms. The molecule has 17 heavy (non-hydrogen) atoms. The second-order valence-electron chi connectivity index (χ2n) is 3.12. The molecule has 0 unspecified atom stereocenters. The molecule has 0 saturated heterocycles. The first-order valence-electron chi connectivity index (χ1n) is 5.01. The van der Waals surface area contributed by atoms with Crippen molar-refractivity contribution in [1.82, 2.24) is 0 Å². The van der Waals surface area contributed by atoms with Gasteiger partial charge in [-0.25, -0.2) is 0 Å². The Hall–Kier alpha value is -1.55. The Balaban J connectivity index is 0.000000249. The Morgan fingerprint density at radius 1 is 1.00 bits per heavy atom. The van der Waals surface area contributed by atoms with Crippen LogP contribution in [-0.4, -0.2) is 25.4 Å². The molecule has 3 nitrogen and oxygen atoms in total. The third kappa shape index (κ3) is 4.07. The van der Waals surface area contributed by atoms with E-state index in [0.29, 0.717) is 15.4 Å². The van der Waals surface area contributed by atoms with Crippen LogP contribution >= 0.6 is 0 Å². The summed E-state index contributed by atoms with van der Waals surface area (Å²) in [6, 6.07) is 14.6. The SMILES string of the molecule is C=Cc1cccc2ccccc12.O[B]O[B]O. The van der Waals surface area contributed by atoms with Crippen molar-refractivity contribution in [2.45, 2.75) is 0 Å². The van der Waals surface area contributed by atoms with Crippen molar-refractivity contribution in [3.8, 4) is 0 Å². The summed E-state index contributed by atoms with van der Waals surface area (Å²) < 4.78 is 3.69. The zero-order chi connectivity index (χ0) is 12.5. The molecular formula is C12H12B2O3. The van der Waals surface area contributed by atoms with E-state index in [4.69, 9.17) is 10.0 Å². The second kappa shape index (κ2) is 7.68. The predicted molar refractivity (Wildman–Crippen MR) is 71.1 cm³/mol. The maximum absolute atomic E-state index is 7.53. The van der Waals surface area contributed by atoms with Gasteiger partial charge in [-0.1, -0.05) is 55.1 Å². The fourth-order valence-corrected chi connectivity index (χ4v) is 1.46. The molecule has 2 radical (unpaired) electrons. The third-order valence-electron chi connectivity index (χ3n) is 2.16. The van der Waals surface area contributed by atoms with E-state index in [9.17, 15) is 0 Å². The van der Waals surface area contributed by atoms with Crippen LogP contribution < -0.4 is 0 Å². The van der Waals surface area contributed by atoms with Gasteiger partial charge in [-0.2, -0.15) is 0 Å². The highest BCUT2D eigenvalue weighted by molar-refractivity contribution is 6.32. The first kappa shape index (κ1) is 13.5. The lowest BCUT2D eigenvalue weighted by molar-refractivity contribution is 0.408. The predicted octanol–water partition coefficient (Wildman–Crippen LogP) is 1.54. The summed E-state index contributed by atoms with van der Waals surface area (Å²) in [6.07, 6.45) is 1.89. The van der Waals surface area contributed by atoms with Crippen molar-refractivity contribution >= 4 is 32.2 Å². The van der Waals surface area contributed by atoms with Gasteiger partial charge in [0.2, 0.25) is 0 Å². The lowest BCUT2D eigenvalue weighted by atomic mass is 10.1. The zero-order valence-electron chi connectivity index (χ0n) is 9.28. The lowest BCUT2D eigenvalue weighted by Gasteiger charge is -1.99. The largest absolute Gasteiger partial charge is 0.469 e. The first-order chi connectivity index (χ1) is 8.33. The molecule has 0 saturated carbocycles. The average Bonchev–Trinajstić information content (AvgIpc) is 2.40. The Kier molecular flexibility index (Phi) is 6.10. The Bertz CT molecular complexity index is 467. The van der Waals surface area contributed by atoms with Gasteiger partial charge >= 0.3 is 15.4 Å². The standard InChI is InChI=1S/C12H10.B2H2O3/c1-2-10-7-5-8-11-6-3-4-9-12(10)11;3-1-5-2-4/h2-9H,1H2;3-4H. The van der Waals surface area contributed by atoms with Crippen LogP contribution in [0.5, 0.6) is 0 Å². The number of hydrogen-bond acceptors (Lipinski definition) is 3. The van der Waals surface area contributed by atoms with E-state index >= 15 is 0 Å². The maximum atomic E-state index is 7.53. The molecule has 5 heteroatoms. The van der Waals surface area contributed by atoms with Crippen LogP contribution in [0.4, 0.5) is 0 Å². The van der Waals surface area contributed by atoms with Crippen LogP contribution in [0.15, 0.2) is 49.0 Å². The first-order valence-corrected chi connectivity index (χ1v) is 5.01. The molecule has 0 atom stereocenters. The van der Waals surface area contributed by atoms with Gasteiger partial charge in [-0.15, -0.1) is 0 Å². The van der Waals surface area contributed by atoms with Crippen molar-refractivity contribution in [1.29, 1.82) is 0 Å². The minimum atomic E-state index is 0.375. The zero-order valence-corrected chi connectivity index (χ0v) is 9.28. The van der Waals surface area contributed by atoms with Crippen molar-refractivity contribution in [3.63, 3.8) is 0 Å². The molecule has 2 aromatic carbocycles. The second-order valence-corrected chi connectivity index (χ2v) is 3.12. The Morgan fingerprint density at radius 2 is 1.65 bits per heavy atom. The summed E-state index contributed by atoms with van der Waals surface area (Å²) >= 11 is 0. The van der Waals surface area contributed by atoms with Gasteiger partial charge in [0, 0.05) is 0 Å². The molecule has 0 fully saturated rings. The minimum Gasteiger partial charge on any atom is -0.456 e. The van der Waals surface area contributed by atoms with Crippen LogP contribution in [0.2, 0.25) is 0 Å². The molecule has 0 aliphatic carbocycles. The highest BCUT2D eigenvalue weighted by atomic mass is 16.5. The van der Waals surface area contributed by atoms with Crippen LogP contribution in [0.25, 0.3) is 16.8 Å². The van der Waals surface area contributed by atoms with Gasteiger partial charge in [-0.05, 0) is 16.3 Å². The van der Waals surface area contributed by atoms with E-state index in [0.717, 1.165) is 0 Å². The van der Waals surface area contributed by atoms with Gasteiger partial charge in [0.1, 0.15) is 0 Å². The molecule has 2 rings (SSSR count). The lowest BCUT2D eigenvalue weighted by Crippen LogP contribution is -2.00. The van der Waals surface area contributed by atoms with E-state index in [1.165, 1.54) is 16.3 Å². The number of hydrogen-bond donors (Lipinski definition) is 2. The van der Waals surface area contributed by atoms with E-state index in [1.807, 2.05) is 6.08 Å². The summed E-state index contributed by atoms with van der Waals surface area (Å²) in [5.74, 6) is 0. The molecule has 0 aliphatic rings. The topological polar surface area (TPSA) is 49.7 Å². The number of fused-ring (bicyclic) bond motifs is 1. The smallest absolute Gasteiger partial charge is 0.456 e. The molecule has 0 heterocycles. The maximum Gasteiger partial charge on any atom is 0.469 e. The molecule has 0 amide bonds. The molecular weight excluding hydrogens is 214 g/mol. The molecule has 0 aromatic heterocycles. The molecule has 0 bridgehead atoms. The van der Waals surface area contributed by atoms with Crippen molar-refractivity contribution < 1.29 is 14.6 Å². The molecule has 2 aromatic rings. The minimum absolute atomic E-state index is 0.375. The summed E-state index contributed by atoms with van der Waals surface area (Å²) in [5.41, 5.74) is 1.20. The molecule has 2 N–H and O–H groups in total. The van der Waals surface area contributed by atoms with Crippen molar-refractivity contribution in [2.75, 3.05) is 0 Å².